The van der Waals surface area contributed by atoms with Crippen LogP contribution >= 0.6 is 11.6 Å². The number of amides is 1. The van der Waals surface area contributed by atoms with Gasteiger partial charge >= 0.3 is 12.1 Å². The summed E-state index contributed by atoms with van der Waals surface area (Å²) in [4.78, 5) is 25.8. The normalized spacial score (nSPS) is 21.7. The van der Waals surface area contributed by atoms with Crippen molar-refractivity contribution < 1.29 is 32.3 Å². The van der Waals surface area contributed by atoms with Gasteiger partial charge in [0, 0.05) is 29.1 Å². The smallest absolute Gasteiger partial charge is 0.435 e. The van der Waals surface area contributed by atoms with E-state index in [9.17, 15) is 32.3 Å². The Bertz CT molecular complexity index is 1150. The molecule has 1 aromatic carbocycles. The third-order valence-electron chi connectivity index (χ3n) is 7.28. The predicted molar refractivity (Wildman–Crippen MR) is 114 cm³/mol. The van der Waals surface area contributed by atoms with Crippen LogP contribution in [0.1, 0.15) is 49.2 Å². The lowest BCUT2D eigenvalue weighted by Crippen LogP contribution is -2.51. The van der Waals surface area contributed by atoms with Crippen molar-refractivity contribution in [3.63, 3.8) is 0 Å². The van der Waals surface area contributed by atoms with Crippen LogP contribution in [-0.4, -0.2) is 38.2 Å². The number of carbonyl (C=O) groups excluding carboxylic acids is 1. The molecule has 1 N–H and O–H groups in total. The van der Waals surface area contributed by atoms with Gasteiger partial charge < -0.3 is 10.0 Å². The van der Waals surface area contributed by atoms with E-state index >= 15 is 0 Å². The number of alkyl halides is 3. The number of halogens is 5. The first-order valence-electron chi connectivity index (χ1n) is 10.9. The number of fused-ring (bicyclic) bond motifs is 1. The Hall–Kier alpha value is -2.62. The van der Waals surface area contributed by atoms with Crippen molar-refractivity contribution in [2.45, 2.75) is 52.4 Å². The second kappa shape index (κ2) is 8.55. The monoisotopic (exact) mass is 501 g/mol. The number of carboxylic acids is 1. The fraction of sp³-hybridized carbons (Fsp3) is 0.522. The van der Waals surface area contributed by atoms with Gasteiger partial charge in [-0.3, -0.25) is 14.3 Å². The molecule has 1 fully saturated rings. The average Bonchev–Trinajstić information content (AvgIpc) is 3.10. The van der Waals surface area contributed by atoms with E-state index in [1.165, 1.54) is 17.0 Å². The Balaban J connectivity index is 1.57. The minimum Gasteiger partial charge on any atom is -0.481 e. The molecule has 2 aromatic rings. The van der Waals surface area contributed by atoms with Gasteiger partial charge in [-0.05, 0) is 36.3 Å². The van der Waals surface area contributed by atoms with Gasteiger partial charge in [-0.2, -0.15) is 18.3 Å². The van der Waals surface area contributed by atoms with Gasteiger partial charge in [-0.15, -0.1) is 0 Å². The molecule has 184 valence electrons. The number of carboxylic acid groups (broad SMARTS) is 1. The lowest BCUT2D eigenvalue weighted by molar-refractivity contribution is -0.162. The second-order valence-corrected chi connectivity index (χ2v) is 10.0. The van der Waals surface area contributed by atoms with Crippen LogP contribution in [0.2, 0.25) is 5.02 Å². The van der Waals surface area contributed by atoms with Crippen LogP contribution in [-0.2, 0) is 35.3 Å². The highest BCUT2D eigenvalue weighted by molar-refractivity contribution is 6.30. The first kappa shape index (κ1) is 24.5. The van der Waals surface area contributed by atoms with Crippen molar-refractivity contribution in [2.24, 2.45) is 17.3 Å². The zero-order chi connectivity index (χ0) is 25.0. The molecule has 0 bridgehead atoms. The van der Waals surface area contributed by atoms with Gasteiger partial charge in [0.05, 0.1) is 24.7 Å². The molecule has 2 atom stereocenters. The van der Waals surface area contributed by atoms with E-state index in [0.29, 0.717) is 6.42 Å². The molecule has 1 aliphatic heterocycles. The highest BCUT2D eigenvalue weighted by Crippen LogP contribution is 2.53. The molecule has 1 saturated carbocycles. The van der Waals surface area contributed by atoms with Crippen molar-refractivity contribution in [3.8, 4) is 0 Å². The number of carbonyl (C=O) groups is 2. The number of aliphatic carboxylic acids is 1. The van der Waals surface area contributed by atoms with Crippen LogP contribution in [0.3, 0.4) is 0 Å². The number of nitrogens with zero attached hydrogens (tertiary/aromatic N) is 3. The molecule has 6 nitrogen and oxygen atoms in total. The van der Waals surface area contributed by atoms with Gasteiger partial charge in [0.1, 0.15) is 5.82 Å². The van der Waals surface area contributed by atoms with E-state index in [0.717, 1.165) is 10.7 Å². The van der Waals surface area contributed by atoms with Gasteiger partial charge in [-0.1, -0.05) is 31.5 Å². The van der Waals surface area contributed by atoms with Gasteiger partial charge in [0.25, 0.3) is 0 Å². The summed E-state index contributed by atoms with van der Waals surface area (Å²) in [6, 6.07) is 3.92. The Kier molecular flexibility index (Phi) is 6.16. The van der Waals surface area contributed by atoms with Crippen LogP contribution in [0.5, 0.6) is 0 Å². The van der Waals surface area contributed by atoms with Crippen LogP contribution < -0.4 is 0 Å². The van der Waals surface area contributed by atoms with E-state index in [2.05, 4.69) is 5.10 Å². The van der Waals surface area contributed by atoms with Crippen molar-refractivity contribution in [1.82, 2.24) is 14.7 Å². The molecule has 0 saturated heterocycles. The van der Waals surface area contributed by atoms with E-state index in [4.69, 9.17) is 11.6 Å². The highest BCUT2D eigenvalue weighted by Gasteiger charge is 2.52. The number of aromatic nitrogens is 2. The molecule has 2 aliphatic rings. The fourth-order valence-corrected chi connectivity index (χ4v) is 5.14. The average molecular weight is 502 g/mol. The number of hydrogen-bond acceptors (Lipinski definition) is 3. The molecule has 2 unspecified atom stereocenters. The van der Waals surface area contributed by atoms with Crippen molar-refractivity contribution in [1.29, 1.82) is 0 Å². The number of hydrogen-bond donors (Lipinski definition) is 1. The van der Waals surface area contributed by atoms with Crippen LogP contribution in [0.4, 0.5) is 17.6 Å². The van der Waals surface area contributed by atoms with E-state index in [1.54, 1.807) is 0 Å². The summed E-state index contributed by atoms with van der Waals surface area (Å²) in [6.07, 6.45) is -4.19. The Morgan fingerprint density at radius 2 is 2.00 bits per heavy atom. The van der Waals surface area contributed by atoms with E-state index in [-0.39, 0.29) is 66.1 Å². The summed E-state index contributed by atoms with van der Waals surface area (Å²) in [5, 5.41) is 13.2. The van der Waals surface area contributed by atoms with Gasteiger partial charge in [0.2, 0.25) is 5.91 Å². The largest absolute Gasteiger partial charge is 0.481 e. The maximum absolute atomic E-state index is 14.3. The van der Waals surface area contributed by atoms with Crippen LogP contribution in [0.25, 0.3) is 0 Å². The molecule has 0 radical (unpaired) electrons. The zero-order valence-corrected chi connectivity index (χ0v) is 19.4. The van der Waals surface area contributed by atoms with Crippen LogP contribution in [0, 0.1) is 23.1 Å². The molecule has 1 aromatic heterocycles. The van der Waals surface area contributed by atoms with Crippen LogP contribution in [0.15, 0.2) is 18.2 Å². The molecular weight excluding hydrogens is 478 g/mol. The number of rotatable bonds is 5. The fourth-order valence-electron chi connectivity index (χ4n) is 4.98. The lowest BCUT2D eigenvalue weighted by Gasteiger charge is -2.50. The third-order valence-corrected chi connectivity index (χ3v) is 7.52. The summed E-state index contributed by atoms with van der Waals surface area (Å²) in [6.45, 7) is 3.41. The highest BCUT2D eigenvalue weighted by atomic mass is 35.5. The first-order valence-corrected chi connectivity index (χ1v) is 11.3. The molecule has 11 heteroatoms. The minimum absolute atomic E-state index is 0.0147. The van der Waals surface area contributed by atoms with Gasteiger partial charge in [0.15, 0.2) is 5.69 Å². The van der Waals surface area contributed by atoms with Gasteiger partial charge in [-0.25, -0.2) is 4.39 Å². The van der Waals surface area contributed by atoms with Crippen molar-refractivity contribution >= 4 is 23.5 Å². The molecule has 4 rings (SSSR count). The quantitative estimate of drug-likeness (QED) is 0.599. The summed E-state index contributed by atoms with van der Waals surface area (Å²) >= 11 is 5.77. The summed E-state index contributed by atoms with van der Waals surface area (Å²) < 4.78 is 56.3. The Morgan fingerprint density at radius 3 is 2.59 bits per heavy atom. The summed E-state index contributed by atoms with van der Waals surface area (Å²) in [5.41, 5.74) is -1.20. The standard InChI is InChI=1S/C23H24ClF4N3O3/c1-22(2)13(7-16(22)21(33)34)8-19(32)30-6-5-15-18(11-30)31(29-20(15)23(26,27)28)10-12-3-4-14(24)9-17(12)25/h3-4,9,13,16H,5-8,10-11H2,1-2H3,(H,33,34). The Morgan fingerprint density at radius 1 is 1.29 bits per heavy atom. The maximum atomic E-state index is 14.3. The minimum atomic E-state index is -4.68. The van der Waals surface area contributed by atoms with E-state index < -0.39 is 35.0 Å². The number of benzene rings is 1. The first-order chi connectivity index (χ1) is 15.8. The lowest BCUT2D eigenvalue weighted by atomic mass is 9.54. The third kappa shape index (κ3) is 4.39. The molecule has 0 spiro atoms. The Labute approximate surface area is 198 Å². The molecule has 1 aliphatic carbocycles. The zero-order valence-electron chi connectivity index (χ0n) is 18.6. The topological polar surface area (TPSA) is 75.4 Å². The molecule has 1 amide bonds. The van der Waals surface area contributed by atoms with Crippen molar-refractivity contribution in [3.05, 3.63) is 51.6 Å². The summed E-state index contributed by atoms with van der Waals surface area (Å²) in [5.74, 6) is -2.44. The van der Waals surface area contributed by atoms with Crippen molar-refractivity contribution in [2.75, 3.05) is 6.54 Å². The second-order valence-electron chi connectivity index (χ2n) is 9.58. The molecular formula is C23H24ClF4N3O3. The summed E-state index contributed by atoms with van der Waals surface area (Å²) in [7, 11) is 0. The van der Waals surface area contributed by atoms with E-state index in [1.807, 2.05) is 13.8 Å². The predicted octanol–water partition coefficient (Wildman–Crippen LogP) is 4.76. The molecule has 2 heterocycles. The molecule has 34 heavy (non-hydrogen) atoms. The SMILES string of the molecule is CC1(C)C(CC(=O)N2CCc3c(C(F)(F)F)nn(Cc4ccc(Cl)cc4F)c3C2)CC1C(=O)O. The maximum Gasteiger partial charge on any atom is 0.435 e.